The molecule has 0 saturated carbocycles. The Labute approximate surface area is 177 Å². The van der Waals surface area contributed by atoms with Crippen LogP contribution in [-0.2, 0) is 4.74 Å². The van der Waals surface area contributed by atoms with Gasteiger partial charge >= 0.3 is 6.18 Å². The van der Waals surface area contributed by atoms with Gasteiger partial charge in [-0.1, -0.05) is 48.5 Å². The van der Waals surface area contributed by atoms with Gasteiger partial charge in [-0.15, -0.1) is 0 Å². The second kappa shape index (κ2) is 8.58. The average molecular weight is 434 g/mol. The summed E-state index contributed by atoms with van der Waals surface area (Å²) in [7, 11) is 0. The molecule has 1 fully saturated rings. The van der Waals surface area contributed by atoms with Crippen LogP contribution in [-0.4, -0.2) is 54.4 Å². The molecule has 0 aliphatic carbocycles. The zero-order valence-electron chi connectivity index (χ0n) is 16.5. The molecule has 0 N–H and O–H groups in total. The quantitative estimate of drug-likeness (QED) is 0.535. The molecular formula is C22H21F3N2O4. The molecule has 0 bridgehead atoms. The van der Waals surface area contributed by atoms with E-state index in [1.165, 1.54) is 6.07 Å². The molecule has 2 aromatic carbocycles. The molecule has 6 nitrogen and oxygen atoms in total. The molecule has 2 aromatic rings. The number of fused-ring (bicyclic) bond motifs is 1. The van der Waals surface area contributed by atoms with Gasteiger partial charge < -0.3 is 14.4 Å². The lowest BCUT2D eigenvalue weighted by atomic mass is 9.83. The molecule has 1 saturated heterocycles. The van der Waals surface area contributed by atoms with Crippen molar-refractivity contribution in [3.63, 3.8) is 0 Å². The second-order valence-corrected chi connectivity index (χ2v) is 7.44. The molecule has 0 radical (unpaired) electrons. The normalized spacial score (nSPS) is 24.3. The SMILES string of the molecule is O=[N+]([O-])[C@H]1[C@H](C(F)(F)F)Oc2ccccc2[C@@H]1/C=C(\c1ccccc1)N1CCOCC1. The van der Waals surface area contributed by atoms with Gasteiger partial charge in [-0.3, -0.25) is 10.1 Å². The van der Waals surface area contributed by atoms with Gasteiger partial charge in [0.15, 0.2) is 0 Å². The lowest BCUT2D eigenvalue weighted by Gasteiger charge is -2.36. The first-order valence-electron chi connectivity index (χ1n) is 9.92. The first-order chi connectivity index (χ1) is 14.9. The van der Waals surface area contributed by atoms with Gasteiger partial charge in [-0.05, 0) is 17.7 Å². The highest BCUT2D eigenvalue weighted by Crippen LogP contribution is 2.44. The zero-order chi connectivity index (χ0) is 22.0. The Morgan fingerprint density at radius 1 is 1.06 bits per heavy atom. The van der Waals surface area contributed by atoms with Crippen molar-refractivity contribution >= 4 is 5.70 Å². The Morgan fingerprint density at radius 3 is 2.35 bits per heavy atom. The maximum absolute atomic E-state index is 13.8. The van der Waals surface area contributed by atoms with Crippen LogP contribution in [0.25, 0.3) is 5.70 Å². The molecule has 0 aromatic heterocycles. The summed E-state index contributed by atoms with van der Waals surface area (Å²) in [6, 6.07) is 13.4. The highest BCUT2D eigenvalue weighted by Gasteiger charge is 2.58. The predicted octanol–water partition coefficient (Wildman–Crippen LogP) is 4.11. The molecule has 2 aliphatic rings. The first kappa shape index (κ1) is 21.2. The number of alkyl halides is 3. The fourth-order valence-electron chi connectivity index (χ4n) is 4.10. The van der Waals surface area contributed by atoms with Gasteiger partial charge in [0.1, 0.15) is 5.75 Å². The fourth-order valence-corrected chi connectivity index (χ4v) is 4.10. The van der Waals surface area contributed by atoms with Crippen LogP contribution in [0.15, 0.2) is 60.7 Å². The van der Waals surface area contributed by atoms with Gasteiger partial charge in [-0.2, -0.15) is 13.2 Å². The summed E-state index contributed by atoms with van der Waals surface area (Å²) < 4.78 is 51.8. The number of rotatable bonds is 4. The van der Waals surface area contributed by atoms with Crippen LogP contribution in [0.2, 0.25) is 0 Å². The van der Waals surface area contributed by atoms with E-state index in [4.69, 9.17) is 9.47 Å². The Balaban J connectivity index is 1.88. The third kappa shape index (κ3) is 4.36. The maximum atomic E-state index is 13.8. The Hall–Kier alpha value is -3.07. The Kier molecular flexibility index (Phi) is 5.86. The summed E-state index contributed by atoms with van der Waals surface area (Å²) >= 11 is 0. The maximum Gasteiger partial charge on any atom is 0.432 e. The van der Waals surface area contributed by atoms with E-state index in [9.17, 15) is 23.3 Å². The number of morpholine rings is 1. The monoisotopic (exact) mass is 434 g/mol. The first-order valence-corrected chi connectivity index (χ1v) is 9.92. The molecule has 2 aliphatic heterocycles. The second-order valence-electron chi connectivity index (χ2n) is 7.44. The number of hydrogen-bond donors (Lipinski definition) is 0. The number of hydrogen-bond acceptors (Lipinski definition) is 5. The third-order valence-corrected chi connectivity index (χ3v) is 5.53. The van der Waals surface area contributed by atoms with Crippen LogP contribution in [0.1, 0.15) is 17.0 Å². The molecular weight excluding hydrogens is 413 g/mol. The van der Waals surface area contributed by atoms with Crippen molar-refractivity contribution in [2.75, 3.05) is 26.3 Å². The van der Waals surface area contributed by atoms with Crippen LogP contribution in [0.3, 0.4) is 0 Å². The minimum atomic E-state index is -4.89. The molecule has 3 atom stereocenters. The molecule has 9 heteroatoms. The lowest BCUT2D eigenvalue weighted by Crippen LogP contribution is -2.53. The summed E-state index contributed by atoms with van der Waals surface area (Å²) in [6.45, 7) is 2.02. The van der Waals surface area contributed by atoms with E-state index in [1.54, 1.807) is 24.3 Å². The fraction of sp³-hybridized carbons (Fsp3) is 0.364. The number of nitrogens with zero attached hydrogens (tertiary/aromatic N) is 2. The topological polar surface area (TPSA) is 64.8 Å². The van der Waals surface area contributed by atoms with E-state index in [0.29, 0.717) is 37.6 Å². The van der Waals surface area contributed by atoms with E-state index >= 15 is 0 Å². The largest absolute Gasteiger partial charge is 0.473 e. The Bertz CT molecular complexity index is 959. The van der Waals surface area contributed by atoms with E-state index in [1.807, 2.05) is 35.2 Å². The van der Waals surface area contributed by atoms with Crippen molar-refractivity contribution in [3.8, 4) is 5.75 Å². The van der Waals surface area contributed by atoms with Crippen molar-refractivity contribution in [1.29, 1.82) is 0 Å². The standard InChI is InChI=1S/C22H21F3N2O4/c23-22(24,25)21-20(27(28)29)17(16-8-4-5-9-19(16)31-21)14-18(15-6-2-1-3-7-15)26-10-12-30-13-11-26/h1-9,14,17,20-21H,10-13H2/b18-14+/t17-,20+,21+/m0/s1. The summed E-state index contributed by atoms with van der Waals surface area (Å²) in [5.74, 6) is -1.11. The Morgan fingerprint density at radius 2 is 1.71 bits per heavy atom. The van der Waals surface area contributed by atoms with Gasteiger partial charge in [0.2, 0.25) is 0 Å². The molecule has 2 heterocycles. The average Bonchev–Trinajstić information content (AvgIpc) is 2.77. The summed E-state index contributed by atoms with van der Waals surface area (Å²) in [6.07, 6.45) is -5.84. The van der Waals surface area contributed by atoms with Crippen molar-refractivity contribution in [3.05, 3.63) is 81.9 Å². The number of benzene rings is 2. The van der Waals surface area contributed by atoms with Crippen molar-refractivity contribution in [1.82, 2.24) is 4.90 Å². The van der Waals surface area contributed by atoms with Crippen LogP contribution >= 0.6 is 0 Å². The summed E-state index contributed by atoms with van der Waals surface area (Å²) in [5, 5.41) is 11.9. The van der Waals surface area contributed by atoms with Crippen molar-refractivity contribution in [2.24, 2.45) is 0 Å². The molecule has 0 spiro atoms. The van der Waals surface area contributed by atoms with Crippen molar-refractivity contribution < 1.29 is 27.6 Å². The number of para-hydroxylation sites is 1. The molecule has 164 valence electrons. The van der Waals surface area contributed by atoms with E-state index in [-0.39, 0.29) is 5.75 Å². The number of nitro groups is 1. The zero-order valence-corrected chi connectivity index (χ0v) is 16.5. The molecule has 0 unspecified atom stereocenters. The lowest BCUT2D eigenvalue weighted by molar-refractivity contribution is -0.546. The number of ether oxygens (including phenoxy) is 2. The smallest absolute Gasteiger partial charge is 0.432 e. The van der Waals surface area contributed by atoms with E-state index < -0.39 is 29.2 Å². The van der Waals surface area contributed by atoms with Gasteiger partial charge in [0.05, 0.1) is 19.1 Å². The molecule has 0 amide bonds. The summed E-state index contributed by atoms with van der Waals surface area (Å²) in [5.41, 5.74) is 1.80. The number of halogens is 3. The van der Waals surface area contributed by atoms with Crippen LogP contribution in [0, 0.1) is 10.1 Å². The van der Waals surface area contributed by atoms with E-state index in [0.717, 1.165) is 5.56 Å². The highest BCUT2D eigenvalue weighted by atomic mass is 19.4. The van der Waals surface area contributed by atoms with Gasteiger partial charge in [0.25, 0.3) is 12.1 Å². The summed E-state index contributed by atoms with van der Waals surface area (Å²) in [4.78, 5) is 13.0. The van der Waals surface area contributed by atoms with Gasteiger partial charge in [-0.25, -0.2) is 0 Å². The minimum absolute atomic E-state index is 0.0126. The van der Waals surface area contributed by atoms with Crippen LogP contribution in [0.4, 0.5) is 13.2 Å². The van der Waals surface area contributed by atoms with Crippen molar-refractivity contribution in [2.45, 2.75) is 24.2 Å². The third-order valence-electron chi connectivity index (χ3n) is 5.53. The van der Waals surface area contributed by atoms with Gasteiger partial charge in [0, 0.05) is 29.3 Å². The minimum Gasteiger partial charge on any atom is -0.473 e. The highest BCUT2D eigenvalue weighted by molar-refractivity contribution is 5.66. The molecule has 4 rings (SSSR count). The molecule has 31 heavy (non-hydrogen) atoms. The van der Waals surface area contributed by atoms with E-state index in [2.05, 4.69) is 0 Å². The van der Waals surface area contributed by atoms with Crippen LogP contribution < -0.4 is 4.74 Å². The van der Waals surface area contributed by atoms with Crippen LogP contribution in [0.5, 0.6) is 5.75 Å². The predicted molar refractivity (Wildman–Crippen MR) is 107 cm³/mol.